The molecule has 0 bridgehead atoms. The van der Waals surface area contributed by atoms with Crippen LogP contribution < -0.4 is 0 Å². The molecule has 0 saturated carbocycles. The molecule has 0 rings (SSSR count). The lowest BCUT2D eigenvalue weighted by Gasteiger charge is -2.18. The Balaban J connectivity index is 4.28. The fourth-order valence-electron chi connectivity index (χ4n) is 5.57. The predicted molar refractivity (Wildman–Crippen MR) is 187 cm³/mol. The predicted octanol–water partition coefficient (Wildman–Crippen LogP) is 11.6. The van der Waals surface area contributed by atoms with E-state index < -0.39 is 6.10 Å². The molecule has 0 amide bonds. The SMILES string of the molecule is CCCCCCCCCCCCCC(=O)O[C@H](COC(=O)CCCCCCC)COC(=O)CCCCCCCCCCC(C)C. The van der Waals surface area contributed by atoms with Crippen LogP contribution in [0.2, 0.25) is 0 Å². The second-order valence-corrected chi connectivity index (χ2v) is 13.7. The number of carbonyl (C=O) groups excluding carboxylic acids is 3. The van der Waals surface area contributed by atoms with E-state index in [1.807, 2.05) is 0 Å². The summed E-state index contributed by atoms with van der Waals surface area (Å²) in [5, 5.41) is 0. The molecule has 0 aliphatic rings. The Labute approximate surface area is 278 Å². The summed E-state index contributed by atoms with van der Waals surface area (Å²) >= 11 is 0. The summed E-state index contributed by atoms with van der Waals surface area (Å²) in [5.74, 6) is -0.0836. The molecular formula is C39H74O6. The Hall–Kier alpha value is -1.59. The first-order valence-electron chi connectivity index (χ1n) is 19.4. The Morgan fingerprint density at radius 1 is 0.422 bits per heavy atom. The topological polar surface area (TPSA) is 78.9 Å². The summed E-state index contributed by atoms with van der Waals surface area (Å²) in [7, 11) is 0. The molecule has 0 aromatic heterocycles. The van der Waals surface area contributed by atoms with Crippen LogP contribution in [0.25, 0.3) is 0 Å². The Morgan fingerprint density at radius 2 is 0.733 bits per heavy atom. The van der Waals surface area contributed by atoms with Crippen LogP contribution in [-0.2, 0) is 28.6 Å². The molecule has 266 valence electrons. The zero-order valence-corrected chi connectivity index (χ0v) is 30.3. The molecule has 0 aliphatic carbocycles. The fourth-order valence-corrected chi connectivity index (χ4v) is 5.57. The van der Waals surface area contributed by atoms with Gasteiger partial charge in [0.25, 0.3) is 0 Å². The molecule has 0 aromatic carbocycles. The van der Waals surface area contributed by atoms with Crippen LogP contribution in [0.3, 0.4) is 0 Å². The second-order valence-electron chi connectivity index (χ2n) is 13.7. The van der Waals surface area contributed by atoms with Crippen LogP contribution in [0.15, 0.2) is 0 Å². The Bertz CT molecular complexity index is 676. The van der Waals surface area contributed by atoms with E-state index in [0.717, 1.165) is 70.1 Å². The van der Waals surface area contributed by atoms with Crippen molar-refractivity contribution < 1.29 is 28.6 Å². The zero-order chi connectivity index (χ0) is 33.2. The van der Waals surface area contributed by atoms with Gasteiger partial charge in [-0.1, -0.05) is 169 Å². The van der Waals surface area contributed by atoms with Gasteiger partial charge in [0, 0.05) is 19.3 Å². The lowest BCUT2D eigenvalue weighted by molar-refractivity contribution is -0.167. The van der Waals surface area contributed by atoms with Gasteiger partial charge in [0.05, 0.1) is 0 Å². The lowest BCUT2D eigenvalue weighted by Crippen LogP contribution is -2.30. The first kappa shape index (κ1) is 43.4. The minimum atomic E-state index is -0.756. The highest BCUT2D eigenvalue weighted by Gasteiger charge is 2.19. The molecule has 0 aliphatic heterocycles. The van der Waals surface area contributed by atoms with E-state index in [1.165, 1.54) is 96.3 Å². The maximum Gasteiger partial charge on any atom is 0.306 e. The number of carbonyl (C=O) groups is 3. The molecule has 0 N–H and O–H groups in total. The molecule has 0 unspecified atom stereocenters. The van der Waals surface area contributed by atoms with Gasteiger partial charge in [0.1, 0.15) is 13.2 Å². The number of ether oxygens (including phenoxy) is 3. The van der Waals surface area contributed by atoms with Crippen molar-refractivity contribution >= 4 is 17.9 Å². The molecule has 1 atom stereocenters. The molecule has 0 spiro atoms. The van der Waals surface area contributed by atoms with Gasteiger partial charge in [-0.25, -0.2) is 0 Å². The summed E-state index contributed by atoms with van der Waals surface area (Å²) in [6, 6.07) is 0. The third-order valence-electron chi connectivity index (χ3n) is 8.54. The summed E-state index contributed by atoms with van der Waals surface area (Å²) in [6.07, 6.45) is 29.7. The number of hydrogen-bond acceptors (Lipinski definition) is 6. The molecule has 0 heterocycles. The largest absolute Gasteiger partial charge is 0.462 e. The lowest BCUT2D eigenvalue weighted by atomic mass is 10.0. The van der Waals surface area contributed by atoms with Gasteiger partial charge >= 0.3 is 17.9 Å². The second kappa shape index (κ2) is 33.8. The molecule has 6 heteroatoms. The first-order valence-corrected chi connectivity index (χ1v) is 19.4. The van der Waals surface area contributed by atoms with Gasteiger partial charge in [-0.15, -0.1) is 0 Å². The van der Waals surface area contributed by atoms with Gasteiger partial charge in [-0.3, -0.25) is 14.4 Å². The molecule has 0 aromatic rings. The molecule has 0 radical (unpaired) electrons. The van der Waals surface area contributed by atoms with E-state index in [9.17, 15) is 14.4 Å². The zero-order valence-electron chi connectivity index (χ0n) is 30.3. The molecular weight excluding hydrogens is 564 g/mol. The average molecular weight is 639 g/mol. The van der Waals surface area contributed by atoms with E-state index in [0.29, 0.717) is 19.3 Å². The smallest absolute Gasteiger partial charge is 0.306 e. The highest BCUT2D eigenvalue weighted by atomic mass is 16.6. The summed E-state index contributed by atoms with van der Waals surface area (Å²) in [5.41, 5.74) is 0. The quantitative estimate of drug-likeness (QED) is 0.0396. The van der Waals surface area contributed by atoms with Crippen LogP contribution in [0.4, 0.5) is 0 Å². The van der Waals surface area contributed by atoms with E-state index >= 15 is 0 Å². The molecule has 6 nitrogen and oxygen atoms in total. The van der Waals surface area contributed by atoms with Crippen molar-refractivity contribution in [2.75, 3.05) is 13.2 Å². The highest BCUT2D eigenvalue weighted by molar-refractivity contribution is 5.71. The number of esters is 3. The van der Waals surface area contributed by atoms with Gasteiger partial charge in [0.2, 0.25) is 0 Å². The van der Waals surface area contributed by atoms with Gasteiger partial charge < -0.3 is 14.2 Å². The van der Waals surface area contributed by atoms with Crippen molar-refractivity contribution in [3.63, 3.8) is 0 Å². The first-order chi connectivity index (χ1) is 21.9. The van der Waals surface area contributed by atoms with Crippen molar-refractivity contribution in [3.05, 3.63) is 0 Å². The standard InChI is InChI=1S/C39H74O6/c1-5-7-9-11-12-13-14-15-20-24-28-32-39(42)45-36(33-43-37(40)30-26-21-10-8-6-2)34-44-38(41)31-27-23-19-17-16-18-22-25-29-35(3)4/h35-36H,5-34H2,1-4H3/t36-/m1/s1. The highest BCUT2D eigenvalue weighted by Crippen LogP contribution is 2.15. The van der Waals surface area contributed by atoms with Gasteiger partial charge in [-0.05, 0) is 25.2 Å². The van der Waals surface area contributed by atoms with E-state index in [4.69, 9.17) is 14.2 Å². The Morgan fingerprint density at radius 3 is 1.09 bits per heavy atom. The average Bonchev–Trinajstić information content (AvgIpc) is 3.01. The van der Waals surface area contributed by atoms with Crippen LogP contribution in [0.5, 0.6) is 0 Å². The monoisotopic (exact) mass is 639 g/mol. The van der Waals surface area contributed by atoms with Crippen molar-refractivity contribution in [1.82, 2.24) is 0 Å². The number of unbranched alkanes of at least 4 members (excludes halogenated alkanes) is 21. The molecule has 45 heavy (non-hydrogen) atoms. The molecule has 0 fully saturated rings. The van der Waals surface area contributed by atoms with Crippen molar-refractivity contribution in [1.29, 1.82) is 0 Å². The van der Waals surface area contributed by atoms with Crippen molar-refractivity contribution in [3.8, 4) is 0 Å². The van der Waals surface area contributed by atoms with Crippen LogP contribution in [0, 0.1) is 5.92 Å². The van der Waals surface area contributed by atoms with Crippen molar-refractivity contribution in [2.24, 2.45) is 5.92 Å². The van der Waals surface area contributed by atoms with E-state index in [2.05, 4.69) is 27.7 Å². The third-order valence-corrected chi connectivity index (χ3v) is 8.54. The maximum atomic E-state index is 12.6. The van der Waals surface area contributed by atoms with Crippen LogP contribution >= 0.6 is 0 Å². The van der Waals surface area contributed by atoms with Crippen LogP contribution in [0.1, 0.15) is 207 Å². The van der Waals surface area contributed by atoms with E-state index in [-0.39, 0.29) is 31.1 Å². The molecule has 0 saturated heterocycles. The summed E-state index contributed by atoms with van der Waals surface area (Å²) < 4.78 is 16.5. The van der Waals surface area contributed by atoms with E-state index in [1.54, 1.807) is 0 Å². The summed E-state index contributed by atoms with van der Waals surface area (Å²) in [6.45, 7) is 8.84. The maximum absolute atomic E-state index is 12.6. The van der Waals surface area contributed by atoms with Gasteiger partial charge in [0.15, 0.2) is 6.10 Å². The van der Waals surface area contributed by atoms with Gasteiger partial charge in [-0.2, -0.15) is 0 Å². The fraction of sp³-hybridized carbons (Fsp3) is 0.923. The third kappa shape index (κ3) is 33.6. The Kier molecular flexibility index (Phi) is 32.6. The van der Waals surface area contributed by atoms with Crippen molar-refractivity contribution in [2.45, 2.75) is 214 Å². The normalized spacial score (nSPS) is 11.9. The minimum absolute atomic E-state index is 0.0665. The number of hydrogen-bond donors (Lipinski definition) is 0. The minimum Gasteiger partial charge on any atom is -0.462 e. The summed E-state index contributed by atoms with van der Waals surface area (Å²) in [4.78, 5) is 37.2. The van der Waals surface area contributed by atoms with Crippen LogP contribution in [-0.4, -0.2) is 37.2 Å². The number of rotatable bonds is 34.